The summed E-state index contributed by atoms with van der Waals surface area (Å²) in [6, 6.07) is 0. The first-order valence-corrected chi connectivity index (χ1v) is 6.35. The standard InChI is InChI=1S/C16H20O/c1-5-12-8-16(17)15(13(12)6-2)9-14-10(3)7-11(14)4/h5-6,8-11,14H,1,7H2,2-4H3/b13-6-,15-9+. The normalized spacial score (nSPS) is 37.2. The highest BCUT2D eigenvalue weighted by molar-refractivity contribution is 6.13. The molecule has 0 saturated heterocycles. The van der Waals surface area contributed by atoms with Gasteiger partial charge in [0.2, 0.25) is 0 Å². The summed E-state index contributed by atoms with van der Waals surface area (Å²) >= 11 is 0. The molecule has 0 spiro atoms. The van der Waals surface area contributed by atoms with Crippen LogP contribution in [0.3, 0.4) is 0 Å². The lowest BCUT2D eigenvalue weighted by molar-refractivity contribution is -0.110. The molecule has 0 aromatic rings. The molecule has 90 valence electrons. The van der Waals surface area contributed by atoms with Gasteiger partial charge in [-0.05, 0) is 48.3 Å². The Labute approximate surface area is 104 Å². The van der Waals surface area contributed by atoms with Gasteiger partial charge in [0.15, 0.2) is 5.78 Å². The van der Waals surface area contributed by atoms with E-state index in [9.17, 15) is 4.79 Å². The van der Waals surface area contributed by atoms with Crippen molar-refractivity contribution < 1.29 is 4.79 Å². The molecule has 0 heterocycles. The fraction of sp³-hybridized carbons (Fsp3) is 0.438. The van der Waals surface area contributed by atoms with Crippen LogP contribution in [0.25, 0.3) is 0 Å². The van der Waals surface area contributed by atoms with Gasteiger partial charge in [-0.2, -0.15) is 0 Å². The average Bonchev–Trinajstić information content (AvgIpc) is 2.62. The van der Waals surface area contributed by atoms with E-state index in [0.717, 1.165) is 16.7 Å². The largest absolute Gasteiger partial charge is 0.289 e. The molecule has 0 aliphatic heterocycles. The van der Waals surface area contributed by atoms with Crippen molar-refractivity contribution >= 4 is 5.78 Å². The molecule has 2 aliphatic rings. The summed E-state index contributed by atoms with van der Waals surface area (Å²) in [6.45, 7) is 10.3. The van der Waals surface area contributed by atoms with Crippen molar-refractivity contribution in [1.82, 2.24) is 0 Å². The van der Waals surface area contributed by atoms with Crippen molar-refractivity contribution in [2.75, 3.05) is 0 Å². The Morgan fingerprint density at radius 2 is 1.94 bits per heavy atom. The molecule has 2 aliphatic carbocycles. The molecule has 1 saturated carbocycles. The third-order valence-corrected chi connectivity index (χ3v) is 4.08. The monoisotopic (exact) mass is 228 g/mol. The number of carbonyl (C=O) groups excluding carboxylic acids is 1. The van der Waals surface area contributed by atoms with E-state index in [-0.39, 0.29) is 5.78 Å². The van der Waals surface area contributed by atoms with E-state index in [0.29, 0.717) is 17.8 Å². The highest BCUT2D eigenvalue weighted by Gasteiger charge is 2.34. The van der Waals surface area contributed by atoms with Gasteiger partial charge < -0.3 is 0 Å². The molecule has 0 aromatic heterocycles. The SMILES string of the molecule is C=CC1=CC(=O)C(=C/C2C(C)CC2C)/C1=C\C. The predicted molar refractivity (Wildman–Crippen MR) is 71.6 cm³/mol. The molecule has 0 N–H and O–H groups in total. The molecule has 1 nitrogen and oxygen atoms in total. The number of hydrogen-bond donors (Lipinski definition) is 0. The van der Waals surface area contributed by atoms with E-state index in [4.69, 9.17) is 0 Å². The zero-order chi connectivity index (χ0) is 12.6. The summed E-state index contributed by atoms with van der Waals surface area (Å²) in [7, 11) is 0. The molecule has 0 bridgehead atoms. The Hall–Kier alpha value is -1.37. The van der Waals surface area contributed by atoms with Gasteiger partial charge in [-0.15, -0.1) is 0 Å². The fourth-order valence-corrected chi connectivity index (χ4v) is 3.03. The number of carbonyl (C=O) groups is 1. The Morgan fingerprint density at radius 1 is 1.29 bits per heavy atom. The van der Waals surface area contributed by atoms with E-state index in [2.05, 4.69) is 26.5 Å². The molecule has 2 rings (SSSR count). The van der Waals surface area contributed by atoms with Gasteiger partial charge in [0.1, 0.15) is 0 Å². The predicted octanol–water partition coefficient (Wildman–Crippen LogP) is 3.85. The summed E-state index contributed by atoms with van der Waals surface area (Å²) in [5.74, 6) is 2.10. The van der Waals surface area contributed by atoms with Gasteiger partial charge >= 0.3 is 0 Å². The number of hydrogen-bond acceptors (Lipinski definition) is 1. The molecule has 1 fully saturated rings. The average molecular weight is 228 g/mol. The minimum absolute atomic E-state index is 0.138. The minimum Gasteiger partial charge on any atom is -0.289 e. The highest BCUT2D eigenvalue weighted by atomic mass is 16.1. The van der Waals surface area contributed by atoms with Crippen LogP contribution in [0.4, 0.5) is 0 Å². The maximum absolute atomic E-state index is 12.0. The second-order valence-electron chi connectivity index (χ2n) is 5.22. The number of ketones is 1. The molecular weight excluding hydrogens is 208 g/mol. The Kier molecular flexibility index (Phi) is 3.19. The van der Waals surface area contributed by atoms with Crippen molar-refractivity contribution in [2.45, 2.75) is 27.2 Å². The molecule has 0 radical (unpaired) electrons. The zero-order valence-corrected chi connectivity index (χ0v) is 10.9. The number of rotatable bonds is 2. The van der Waals surface area contributed by atoms with Gasteiger partial charge in [-0.25, -0.2) is 0 Å². The van der Waals surface area contributed by atoms with E-state index >= 15 is 0 Å². The summed E-state index contributed by atoms with van der Waals surface area (Å²) in [4.78, 5) is 12.0. The van der Waals surface area contributed by atoms with Gasteiger partial charge in [0.05, 0.1) is 0 Å². The van der Waals surface area contributed by atoms with Gasteiger partial charge in [-0.3, -0.25) is 4.79 Å². The first-order valence-electron chi connectivity index (χ1n) is 6.35. The summed E-state index contributed by atoms with van der Waals surface area (Å²) in [5, 5.41) is 0. The minimum atomic E-state index is 0.138. The Morgan fingerprint density at radius 3 is 2.41 bits per heavy atom. The van der Waals surface area contributed by atoms with Crippen molar-refractivity contribution in [2.24, 2.45) is 17.8 Å². The third-order valence-electron chi connectivity index (χ3n) is 4.08. The first kappa shape index (κ1) is 12.1. The maximum atomic E-state index is 12.0. The van der Waals surface area contributed by atoms with E-state index < -0.39 is 0 Å². The van der Waals surface area contributed by atoms with Crippen LogP contribution >= 0.6 is 0 Å². The van der Waals surface area contributed by atoms with E-state index in [1.54, 1.807) is 12.2 Å². The van der Waals surface area contributed by atoms with Crippen molar-refractivity contribution in [1.29, 1.82) is 0 Å². The smallest absolute Gasteiger partial charge is 0.186 e. The molecule has 2 atom stereocenters. The van der Waals surface area contributed by atoms with Crippen LogP contribution in [0.5, 0.6) is 0 Å². The molecule has 0 aromatic carbocycles. The quantitative estimate of drug-likeness (QED) is 0.656. The van der Waals surface area contributed by atoms with Crippen molar-refractivity contribution in [3.63, 3.8) is 0 Å². The summed E-state index contributed by atoms with van der Waals surface area (Å²) in [5.41, 5.74) is 2.89. The number of allylic oxidation sites excluding steroid dienone is 7. The zero-order valence-electron chi connectivity index (χ0n) is 10.9. The highest BCUT2D eigenvalue weighted by Crippen LogP contribution is 2.43. The first-order chi connectivity index (χ1) is 8.08. The fourth-order valence-electron chi connectivity index (χ4n) is 3.03. The van der Waals surface area contributed by atoms with Crippen LogP contribution < -0.4 is 0 Å². The van der Waals surface area contributed by atoms with Crippen LogP contribution in [-0.2, 0) is 4.79 Å². The van der Waals surface area contributed by atoms with Crippen LogP contribution in [0.15, 0.2) is 47.6 Å². The third kappa shape index (κ3) is 1.95. The lowest BCUT2D eigenvalue weighted by Gasteiger charge is -2.39. The lowest BCUT2D eigenvalue weighted by atomic mass is 9.66. The van der Waals surface area contributed by atoms with E-state index in [1.165, 1.54) is 6.42 Å². The van der Waals surface area contributed by atoms with Crippen molar-refractivity contribution in [3.8, 4) is 0 Å². The Bertz CT molecular complexity index is 440. The van der Waals surface area contributed by atoms with E-state index in [1.807, 2.05) is 13.0 Å². The molecule has 2 unspecified atom stereocenters. The van der Waals surface area contributed by atoms with Crippen LogP contribution in [0, 0.1) is 17.8 Å². The summed E-state index contributed by atoms with van der Waals surface area (Å²) < 4.78 is 0. The van der Waals surface area contributed by atoms with Gasteiger partial charge in [0.25, 0.3) is 0 Å². The Balaban J connectivity index is 2.31. The lowest BCUT2D eigenvalue weighted by Crippen LogP contribution is -2.31. The van der Waals surface area contributed by atoms with Crippen molar-refractivity contribution in [3.05, 3.63) is 47.6 Å². The molecule has 17 heavy (non-hydrogen) atoms. The topological polar surface area (TPSA) is 17.1 Å². The van der Waals surface area contributed by atoms with Gasteiger partial charge in [-0.1, -0.05) is 38.7 Å². The van der Waals surface area contributed by atoms with Crippen LogP contribution in [-0.4, -0.2) is 5.78 Å². The molecular formula is C16H20O. The summed E-state index contributed by atoms with van der Waals surface area (Å²) in [6.07, 6.45) is 8.93. The molecule has 1 heteroatoms. The van der Waals surface area contributed by atoms with Gasteiger partial charge in [0, 0.05) is 5.57 Å². The molecule has 0 amide bonds. The van der Waals surface area contributed by atoms with Crippen LogP contribution in [0.2, 0.25) is 0 Å². The van der Waals surface area contributed by atoms with Crippen LogP contribution in [0.1, 0.15) is 27.2 Å². The second kappa shape index (κ2) is 4.48. The maximum Gasteiger partial charge on any atom is 0.186 e. The second-order valence-corrected chi connectivity index (χ2v) is 5.22.